The van der Waals surface area contributed by atoms with Crippen molar-refractivity contribution in [3.8, 4) is 5.75 Å². The molecule has 1 amide bonds. The molecule has 0 aromatic heterocycles. The molecular weight excluding hydrogens is 444 g/mol. The van der Waals surface area contributed by atoms with E-state index in [2.05, 4.69) is 21.2 Å². The Morgan fingerprint density at radius 1 is 1.21 bits per heavy atom. The lowest BCUT2D eigenvalue weighted by Gasteiger charge is -2.32. The van der Waals surface area contributed by atoms with E-state index in [1.165, 1.54) is 23.5 Å². The molecule has 1 heterocycles. The van der Waals surface area contributed by atoms with Gasteiger partial charge in [0.25, 0.3) is 5.91 Å². The molecule has 6 nitrogen and oxygen atoms in total. The first-order chi connectivity index (χ1) is 13.3. The molecule has 1 aliphatic rings. The van der Waals surface area contributed by atoms with Crippen LogP contribution in [0.1, 0.15) is 36.5 Å². The lowest BCUT2D eigenvalue weighted by Crippen LogP contribution is -2.42. The first kappa shape index (κ1) is 20.8. The number of piperidine rings is 1. The van der Waals surface area contributed by atoms with Crippen LogP contribution in [0.3, 0.4) is 0 Å². The van der Waals surface area contributed by atoms with Crippen LogP contribution in [0.15, 0.2) is 51.8 Å². The van der Waals surface area contributed by atoms with Crippen LogP contribution in [0.5, 0.6) is 5.75 Å². The van der Waals surface area contributed by atoms with Crippen LogP contribution in [0, 0.1) is 0 Å². The van der Waals surface area contributed by atoms with Gasteiger partial charge in [-0.05, 0) is 56.2 Å². The van der Waals surface area contributed by atoms with E-state index >= 15 is 0 Å². The predicted molar refractivity (Wildman–Crippen MR) is 112 cm³/mol. The molecule has 1 N–H and O–H groups in total. The highest BCUT2D eigenvalue weighted by molar-refractivity contribution is 9.10. The number of carbonyl (C=O) groups is 1. The van der Waals surface area contributed by atoms with Gasteiger partial charge >= 0.3 is 0 Å². The number of sulfonamides is 1. The molecule has 1 saturated heterocycles. The number of carbonyl (C=O) groups excluding carboxylic acids is 1. The summed E-state index contributed by atoms with van der Waals surface area (Å²) in [4.78, 5) is 12.7. The van der Waals surface area contributed by atoms with Crippen LogP contribution in [-0.4, -0.2) is 38.3 Å². The molecule has 0 saturated carbocycles. The Morgan fingerprint density at radius 2 is 2.00 bits per heavy atom. The van der Waals surface area contributed by atoms with Crippen LogP contribution >= 0.6 is 15.9 Å². The minimum Gasteiger partial charge on any atom is -0.495 e. The highest BCUT2D eigenvalue weighted by Crippen LogP contribution is 2.32. The van der Waals surface area contributed by atoms with Crippen molar-refractivity contribution in [2.24, 2.45) is 0 Å². The van der Waals surface area contributed by atoms with Crippen LogP contribution in [-0.2, 0) is 10.0 Å². The van der Waals surface area contributed by atoms with E-state index in [4.69, 9.17) is 4.74 Å². The third-order valence-electron chi connectivity index (χ3n) is 4.84. The van der Waals surface area contributed by atoms with Crippen molar-refractivity contribution in [2.75, 3.05) is 19.0 Å². The quantitative estimate of drug-likeness (QED) is 0.713. The van der Waals surface area contributed by atoms with Crippen molar-refractivity contribution in [1.82, 2.24) is 4.31 Å². The Hall–Kier alpha value is -1.90. The molecule has 150 valence electrons. The van der Waals surface area contributed by atoms with E-state index in [0.717, 1.165) is 23.7 Å². The number of hydrogen-bond donors (Lipinski definition) is 1. The number of nitrogens with zero attached hydrogens (tertiary/aromatic N) is 1. The van der Waals surface area contributed by atoms with Gasteiger partial charge in [0.1, 0.15) is 10.6 Å². The van der Waals surface area contributed by atoms with Gasteiger partial charge in [-0.25, -0.2) is 8.42 Å². The molecule has 3 rings (SSSR count). The Morgan fingerprint density at radius 3 is 2.68 bits per heavy atom. The first-order valence-electron chi connectivity index (χ1n) is 9.09. The predicted octanol–water partition coefficient (Wildman–Crippen LogP) is 4.27. The van der Waals surface area contributed by atoms with Gasteiger partial charge in [-0.15, -0.1) is 0 Å². The van der Waals surface area contributed by atoms with Gasteiger partial charge in [-0.2, -0.15) is 4.31 Å². The third-order valence-corrected chi connectivity index (χ3v) is 7.36. The van der Waals surface area contributed by atoms with E-state index in [1.54, 1.807) is 24.3 Å². The normalized spacial score (nSPS) is 17.9. The average Bonchev–Trinajstić information content (AvgIpc) is 2.67. The maximum atomic E-state index is 13.3. The Balaban J connectivity index is 1.94. The van der Waals surface area contributed by atoms with E-state index < -0.39 is 10.0 Å². The van der Waals surface area contributed by atoms with Crippen molar-refractivity contribution in [2.45, 2.75) is 37.1 Å². The number of benzene rings is 2. The van der Waals surface area contributed by atoms with Crippen molar-refractivity contribution in [3.05, 3.63) is 52.5 Å². The maximum absolute atomic E-state index is 13.3. The fourth-order valence-electron chi connectivity index (χ4n) is 3.34. The summed E-state index contributed by atoms with van der Waals surface area (Å²) >= 11 is 3.36. The molecule has 1 atom stereocenters. The molecule has 1 unspecified atom stereocenters. The van der Waals surface area contributed by atoms with Crippen LogP contribution < -0.4 is 10.1 Å². The van der Waals surface area contributed by atoms with E-state index in [-0.39, 0.29) is 28.2 Å². The molecule has 0 spiro atoms. The Labute approximate surface area is 174 Å². The summed E-state index contributed by atoms with van der Waals surface area (Å²) in [6.07, 6.45) is 2.67. The second-order valence-corrected chi connectivity index (χ2v) is 9.57. The van der Waals surface area contributed by atoms with Gasteiger partial charge in [0, 0.05) is 28.3 Å². The smallest absolute Gasteiger partial charge is 0.255 e. The lowest BCUT2D eigenvalue weighted by molar-refractivity contribution is 0.102. The van der Waals surface area contributed by atoms with Crippen LogP contribution in [0.2, 0.25) is 0 Å². The summed E-state index contributed by atoms with van der Waals surface area (Å²) in [5.41, 5.74) is 0.869. The highest BCUT2D eigenvalue weighted by atomic mass is 79.9. The molecule has 8 heteroatoms. The minimum atomic E-state index is -3.77. The zero-order chi connectivity index (χ0) is 20.3. The number of anilines is 1. The van der Waals surface area contributed by atoms with Crippen molar-refractivity contribution in [1.29, 1.82) is 0 Å². The summed E-state index contributed by atoms with van der Waals surface area (Å²) in [6.45, 7) is 2.38. The maximum Gasteiger partial charge on any atom is 0.255 e. The number of methoxy groups -OCH3 is 1. The summed E-state index contributed by atoms with van der Waals surface area (Å²) in [7, 11) is -2.34. The average molecular weight is 467 g/mol. The molecule has 0 aliphatic carbocycles. The lowest BCUT2D eigenvalue weighted by atomic mass is 10.1. The van der Waals surface area contributed by atoms with Gasteiger partial charge in [-0.1, -0.05) is 28.4 Å². The molecule has 1 aliphatic heterocycles. The molecule has 1 fully saturated rings. The standard InChI is InChI=1S/C20H23BrN2O4S/c1-14-6-3-4-11-23(14)28(25,26)19-12-15(9-10-18(19)27-2)20(24)22-17-8-5-7-16(21)13-17/h5,7-10,12-14H,3-4,6,11H2,1-2H3,(H,22,24). The number of hydrogen-bond acceptors (Lipinski definition) is 4. The van der Waals surface area contributed by atoms with Crippen LogP contribution in [0.25, 0.3) is 0 Å². The fraction of sp³-hybridized carbons (Fsp3) is 0.350. The van der Waals surface area contributed by atoms with E-state index in [1.807, 2.05) is 13.0 Å². The molecular formula is C20H23BrN2O4S. The van der Waals surface area contributed by atoms with E-state index in [0.29, 0.717) is 12.2 Å². The van der Waals surface area contributed by atoms with Gasteiger partial charge in [0.05, 0.1) is 7.11 Å². The SMILES string of the molecule is COc1ccc(C(=O)Nc2cccc(Br)c2)cc1S(=O)(=O)N1CCCCC1C. The molecule has 0 radical (unpaired) electrons. The van der Waals surface area contributed by atoms with Gasteiger partial charge in [-0.3, -0.25) is 4.79 Å². The molecule has 0 bridgehead atoms. The second-order valence-electron chi connectivity index (χ2n) is 6.79. The molecule has 2 aromatic rings. The van der Waals surface area contributed by atoms with Gasteiger partial charge in [0.2, 0.25) is 10.0 Å². The fourth-order valence-corrected chi connectivity index (χ4v) is 5.63. The summed E-state index contributed by atoms with van der Waals surface area (Å²) in [5, 5.41) is 2.79. The Kier molecular flexibility index (Phi) is 6.42. The van der Waals surface area contributed by atoms with E-state index in [9.17, 15) is 13.2 Å². The summed E-state index contributed by atoms with van der Waals surface area (Å²) < 4.78 is 34.1. The van der Waals surface area contributed by atoms with Crippen LogP contribution in [0.4, 0.5) is 5.69 Å². The minimum absolute atomic E-state index is 0.0191. The summed E-state index contributed by atoms with van der Waals surface area (Å²) in [5.74, 6) is -0.152. The zero-order valence-corrected chi connectivity index (χ0v) is 18.2. The molecule has 2 aromatic carbocycles. The van der Waals surface area contributed by atoms with Crippen molar-refractivity contribution >= 4 is 37.5 Å². The summed E-state index contributed by atoms with van der Waals surface area (Å²) in [6, 6.07) is 11.6. The number of rotatable bonds is 5. The highest BCUT2D eigenvalue weighted by Gasteiger charge is 2.33. The topological polar surface area (TPSA) is 75.7 Å². The number of halogens is 1. The van der Waals surface area contributed by atoms with Crippen molar-refractivity contribution < 1.29 is 17.9 Å². The third kappa shape index (κ3) is 4.39. The number of nitrogens with one attached hydrogen (secondary N) is 1. The van der Waals surface area contributed by atoms with Crippen molar-refractivity contribution in [3.63, 3.8) is 0 Å². The number of amides is 1. The van der Waals surface area contributed by atoms with Gasteiger partial charge < -0.3 is 10.1 Å². The monoisotopic (exact) mass is 466 g/mol. The Bertz CT molecular complexity index is 978. The number of ether oxygens (including phenoxy) is 1. The zero-order valence-electron chi connectivity index (χ0n) is 15.8. The largest absolute Gasteiger partial charge is 0.495 e. The second kappa shape index (κ2) is 8.63. The molecule has 28 heavy (non-hydrogen) atoms. The first-order valence-corrected chi connectivity index (χ1v) is 11.3. The van der Waals surface area contributed by atoms with Gasteiger partial charge in [0.15, 0.2) is 0 Å².